The zero-order valence-corrected chi connectivity index (χ0v) is 28.5. The molecule has 0 bridgehead atoms. The smallest absolute Gasteiger partial charge is 0.318 e. The highest BCUT2D eigenvalue weighted by atomic mass is 32.2. The molecule has 47 heavy (non-hydrogen) atoms. The van der Waals surface area contributed by atoms with Gasteiger partial charge in [-0.2, -0.15) is 15.2 Å². The first-order chi connectivity index (χ1) is 22.8. The van der Waals surface area contributed by atoms with Crippen molar-refractivity contribution in [3.05, 3.63) is 60.1 Å². The normalized spacial score (nSPS) is 24.1. The third-order valence-electron chi connectivity index (χ3n) is 10.7. The molecule has 0 spiro atoms. The Labute approximate surface area is 281 Å². The maximum absolute atomic E-state index is 12.6. The minimum atomic E-state index is -0.242. The van der Waals surface area contributed by atoms with Crippen molar-refractivity contribution in [3.8, 4) is 12.1 Å². The maximum Gasteiger partial charge on any atom is 0.318 e. The summed E-state index contributed by atoms with van der Waals surface area (Å²) in [5, 5.41) is 12.3. The zero-order chi connectivity index (χ0) is 32.7. The molecule has 1 aromatic carbocycles. The summed E-state index contributed by atoms with van der Waals surface area (Å²) >= 11 is 1.96. The van der Waals surface area contributed by atoms with Crippen LogP contribution in [0.15, 0.2) is 43.2 Å². The van der Waals surface area contributed by atoms with E-state index in [0.29, 0.717) is 44.0 Å². The Bertz CT molecular complexity index is 1720. The third-order valence-corrected chi connectivity index (χ3v) is 12.4. The van der Waals surface area contributed by atoms with Gasteiger partial charge in [-0.1, -0.05) is 31.2 Å². The molecule has 1 unspecified atom stereocenters. The molecule has 0 radical (unpaired) electrons. The summed E-state index contributed by atoms with van der Waals surface area (Å²) in [7, 11) is 2.24. The summed E-state index contributed by atoms with van der Waals surface area (Å²) in [6, 6.07) is 8.78. The van der Waals surface area contributed by atoms with Gasteiger partial charge in [0.2, 0.25) is 5.91 Å². The summed E-state index contributed by atoms with van der Waals surface area (Å²) < 4.78 is 6.44. The van der Waals surface area contributed by atoms with Gasteiger partial charge in [0.05, 0.1) is 52.8 Å². The van der Waals surface area contributed by atoms with Crippen LogP contribution < -0.4 is 14.5 Å². The Morgan fingerprint density at radius 1 is 1.23 bits per heavy atom. The zero-order valence-electron chi connectivity index (χ0n) is 27.7. The molecule has 246 valence electrons. The molecule has 10 nitrogen and oxygen atoms in total. The van der Waals surface area contributed by atoms with Crippen LogP contribution >= 0.6 is 11.8 Å². The van der Waals surface area contributed by atoms with Crippen LogP contribution in [0.5, 0.6) is 6.01 Å². The Kier molecular flexibility index (Phi) is 8.75. The summed E-state index contributed by atoms with van der Waals surface area (Å²) in [4.78, 5) is 36.2. The average molecular weight is 653 g/mol. The first kappa shape index (κ1) is 31.7. The molecule has 2 aromatic heterocycles. The molecule has 2 saturated heterocycles. The Morgan fingerprint density at radius 3 is 2.85 bits per heavy atom. The van der Waals surface area contributed by atoms with E-state index in [1.807, 2.05) is 24.2 Å². The predicted molar refractivity (Wildman–Crippen MR) is 187 cm³/mol. The summed E-state index contributed by atoms with van der Waals surface area (Å²) in [6.07, 6.45) is 10.3. The number of carbonyl (C=O) groups excluding carboxylic acids is 1. The number of pyridine rings is 1. The van der Waals surface area contributed by atoms with Crippen LogP contribution in [-0.2, 0) is 17.8 Å². The largest absolute Gasteiger partial charge is 0.462 e. The van der Waals surface area contributed by atoms with Gasteiger partial charge in [-0.3, -0.25) is 14.7 Å². The van der Waals surface area contributed by atoms with Crippen LogP contribution in [0.1, 0.15) is 49.4 Å². The topological polar surface area (TPSA) is 102 Å². The SMILES string of the molecule is C=CC(=O)N1CCN(c2nc(OCC3S[C@]3(C)N(C)CC3CCC3)nc3c2CCN(c2cncc4cccc(C)c24)C3)C[C@@H]1CC#N. The monoisotopic (exact) mass is 652 g/mol. The molecule has 0 N–H and O–H groups in total. The van der Waals surface area contributed by atoms with Crippen molar-refractivity contribution in [1.82, 2.24) is 24.8 Å². The molecule has 1 amide bonds. The number of piperazine rings is 1. The quantitative estimate of drug-likeness (QED) is 0.221. The van der Waals surface area contributed by atoms with E-state index in [9.17, 15) is 10.1 Å². The predicted octanol–water partition coefficient (Wildman–Crippen LogP) is 4.96. The van der Waals surface area contributed by atoms with Crippen molar-refractivity contribution in [2.45, 2.75) is 68.7 Å². The van der Waals surface area contributed by atoms with Gasteiger partial charge in [-0.25, -0.2) is 0 Å². The van der Waals surface area contributed by atoms with E-state index in [-0.39, 0.29) is 23.2 Å². The number of nitriles is 1. The van der Waals surface area contributed by atoms with E-state index in [4.69, 9.17) is 14.7 Å². The first-order valence-corrected chi connectivity index (χ1v) is 17.7. The molecule has 11 heteroatoms. The fraction of sp³-hybridized carbons (Fsp3) is 0.528. The van der Waals surface area contributed by atoms with Crippen molar-refractivity contribution in [1.29, 1.82) is 5.26 Å². The van der Waals surface area contributed by atoms with Gasteiger partial charge in [0.25, 0.3) is 0 Å². The van der Waals surface area contributed by atoms with E-state index >= 15 is 0 Å². The van der Waals surface area contributed by atoms with Crippen LogP contribution in [0.25, 0.3) is 10.8 Å². The summed E-state index contributed by atoms with van der Waals surface area (Å²) in [6.45, 7) is 12.9. The van der Waals surface area contributed by atoms with Crippen molar-refractivity contribution in [2.75, 3.05) is 56.2 Å². The number of hydrogen-bond acceptors (Lipinski definition) is 10. The number of nitrogens with zero attached hydrogens (tertiary/aromatic N) is 8. The highest BCUT2D eigenvalue weighted by Crippen LogP contribution is 2.55. The lowest BCUT2D eigenvalue weighted by Crippen LogP contribution is -2.55. The number of benzene rings is 1. The van der Waals surface area contributed by atoms with Crippen LogP contribution in [0.2, 0.25) is 0 Å². The van der Waals surface area contributed by atoms with Crippen molar-refractivity contribution in [2.24, 2.45) is 5.92 Å². The number of rotatable bonds is 10. The van der Waals surface area contributed by atoms with Gasteiger partial charge >= 0.3 is 6.01 Å². The highest BCUT2D eigenvalue weighted by Gasteiger charge is 2.55. The van der Waals surface area contributed by atoms with E-state index in [1.54, 1.807) is 4.90 Å². The fourth-order valence-electron chi connectivity index (χ4n) is 7.47. The van der Waals surface area contributed by atoms with Crippen LogP contribution in [0.4, 0.5) is 11.5 Å². The van der Waals surface area contributed by atoms with Crippen molar-refractivity contribution in [3.63, 3.8) is 0 Å². The number of ether oxygens (including phenoxy) is 1. The van der Waals surface area contributed by atoms with E-state index < -0.39 is 0 Å². The minimum absolute atomic E-state index is 0.0706. The Hall–Kier alpha value is -3.88. The molecule has 3 fully saturated rings. The lowest BCUT2D eigenvalue weighted by molar-refractivity contribution is -0.128. The summed E-state index contributed by atoms with van der Waals surface area (Å²) in [5.74, 6) is 1.54. The highest BCUT2D eigenvalue weighted by molar-refractivity contribution is 8.08. The first-order valence-electron chi connectivity index (χ1n) is 16.8. The molecular weight excluding hydrogens is 609 g/mol. The molecule has 1 saturated carbocycles. The van der Waals surface area contributed by atoms with Crippen molar-refractivity contribution >= 4 is 39.9 Å². The standard InChI is InChI=1S/C36H44N8O2S/c1-5-32(45)44-17-16-43(21-27(44)12-14-37)34-28-13-15-42(30-19-38-18-26-11-6-8-24(2)33(26)30)22-29(28)39-35(40-34)46-23-31-36(3,47-31)41(4)20-25-9-7-10-25/h5-6,8,11,18-19,25,27,31H,1,7,9-10,12-13,15-17,20-23H2,2-4H3/t27-,31?,36-/m0/s1. The lowest BCUT2D eigenvalue weighted by atomic mass is 9.85. The summed E-state index contributed by atoms with van der Waals surface area (Å²) in [5.41, 5.74) is 4.40. The number of thioether (sulfide) groups is 1. The molecule has 3 atom stereocenters. The van der Waals surface area contributed by atoms with Gasteiger partial charge in [-0.05, 0) is 57.7 Å². The second kappa shape index (κ2) is 13.0. The van der Waals surface area contributed by atoms with E-state index in [0.717, 1.165) is 53.6 Å². The maximum atomic E-state index is 12.6. The van der Waals surface area contributed by atoms with Gasteiger partial charge in [0, 0.05) is 55.3 Å². The lowest BCUT2D eigenvalue weighted by Gasteiger charge is -2.42. The minimum Gasteiger partial charge on any atom is -0.462 e. The number of anilines is 2. The van der Waals surface area contributed by atoms with Crippen LogP contribution in [0, 0.1) is 24.2 Å². The number of fused-ring (bicyclic) bond motifs is 2. The number of carbonyl (C=O) groups is 1. The Morgan fingerprint density at radius 2 is 2.09 bits per heavy atom. The molecule has 1 aliphatic carbocycles. The molecular formula is C36H44N8O2S. The number of aromatic nitrogens is 3. The molecule has 7 rings (SSSR count). The van der Waals surface area contributed by atoms with E-state index in [1.165, 1.54) is 36.3 Å². The average Bonchev–Trinajstić information content (AvgIpc) is 3.75. The van der Waals surface area contributed by atoms with Crippen LogP contribution in [0.3, 0.4) is 0 Å². The second-order valence-corrected chi connectivity index (χ2v) is 15.2. The third kappa shape index (κ3) is 6.14. The number of aryl methyl sites for hydroxylation is 1. The molecule has 4 aliphatic rings. The fourth-order valence-corrected chi connectivity index (χ4v) is 8.61. The van der Waals surface area contributed by atoms with E-state index in [2.05, 4.69) is 71.4 Å². The van der Waals surface area contributed by atoms with Crippen LogP contribution in [-0.4, -0.2) is 93.2 Å². The van der Waals surface area contributed by atoms with Gasteiger partial charge < -0.3 is 19.4 Å². The molecule has 3 aromatic rings. The number of hydrogen-bond donors (Lipinski definition) is 0. The second-order valence-electron chi connectivity index (χ2n) is 13.6. The van der Waals surface area contributed by atoms with Gasteiger partial charge in [-0.15, -0.1) is 11.8 Å². The van der Waals surface area contributed by atoms with Gasteiger partial charge in [0.1, 0.15) is 12.4 Å². The molecule has 5 heterocycles. The van der Waals surface area contributed by atoms with Crippen molar-refractivity contribution < 1.29 is 9.53 Å². The Balaban J connectivity index is 1.17. The molecule has 3 aliphatic heterocycles. The van der Waals surface area contributed by atoms with Gasteiger partial charge in [0.15, 0.2) is 0 Å². The number of amides is 1.